The van der Waals surface area contributed by atoms with E-state index in [2.05, 4.69) is 15.4 Å². The van der Waals surface area contributed by atoms with Gasteiger partial charge in [0, 0.05) is 13.1 Å². The second kappa shape index (κ2) is 4.49. The molecule has 0 bridgehead atoms. The summed E-state index contributed by atoms with van der Waals surface area (Å²) in [5, 5.41) is 6.19. The third kappa shape index (κ3) is 2.14. The summed E-state index contributed by atoms with van der Waals surface area (Å²) < 4.78 is 17.7. The van der Waals surface area contributed by atoms with Gasteiger partial charge in [-0.2, -0.15) is 0 Å². The highest BCUT2D eigenvalue weighted by atomic mass is 19.1. The standard InChI is InChI=1S/C11H13FN2O2/c1-16-11(15)9-3-2-7(12)4-10(9)14-8-5-13-6-8/h2-4,8,13-14H,5-6H2,1H3. The normalized spacial score (nSPS) is 15.4. The van der Waals surface area contributed by atoms with Crippen LogP contribution in [0.25, 0.3) is 0 Å². The van der Waals surface area contributed by atoms with E-state index >= 15 is 0 Å². The predicted octanol–water partition coefficient (Wildman–Crippen LogP) is 0.996. The molecule has 1 aromatic carbocycles. The van der Waals surface area contributed by atoms with Gasteiger partial charge in [0.15, 0.2) is 0 Å². The van der Waals surface area contributed by atoms with Crippen molar-refractivity contribution in [1.29, 1.82) is 0 Å². The molecule has 0 radical (unpaired) electrons. The maximum absolute atomic E-state index is 13.1. The average Bonchev–Trinajstić information content (AvgIpc) is 2.22. The Kier molecular flexibility index (Phi) is 3.05. The van der Waals surface area contributed by atoms with Crippen LogP contribution in [0.4, 0.5) is 10.1 Å². The molecule has 2 N–H and O–H groups in total. The van der Waals surface area contributed by atoms with Crippen molar-refractivity contribution >= 4 is 11.7 Å². The first-order chi connectivity index (χ1) is 7.70. The van der Waals surface area contributed by atoms with E-state index in [1.165, 1.54) is 25.3 Å². The first-order valence-corrected chi connectivity index (χ1v) is 5.06. The zero-order chi connectivity index (χ0) is 11.5. The third-order valence-electron chi connectivity index (χ3n) is 2.53. The van der Waals surface area contributed by atoms with Crippen LogP contribution in [-0.4, -0.2) is 32.2 Å². The van der Waals surface area contributed by atoms with Crippen molar-refractivity contribution in [3.05, 3.63) is 29.6 Å². The summed E-state index contributed by atoms with van der Waals surface area (Å²) in [5.41, 5.74) is 0.842. The van der Waals surface area contributed by atoms with E-state index in [9.17, 15) is 9.18 Å². The van der Waals surface area contributed by atoms with Gasteiger partial charge in [-0.25, -0.2) is 9.18 Å². The molecule has 1 aromatic rings. The highest BCUT2D eigenvalue weighted by Gasteiger charge is 2.20. The minimum absolute atomic E-state index is 0.241. The lowest BCUT2D eigenvalue weighted by molar-refractivity contribution is 0.0601. The van der Waals surface area contributed by atoms with Crippen LogP contribution < -0.4 is 10.6 Å². The summed E-state index contributed by atoms with van der Waals surface area (Å²) in [6.07, 6.45) is 0. The van der Waals surface area contributed by atoms with Crippen LogP contribution in [0.15, 0.2) is 18.2 Å². The molecule has 0 aliphatic carbocycles. The lowest BCUT2D eigenvalue weighted by atomic mass is 10.1. The van der Waals surface area contributed by atoms with Crippen LogP contribution in [0.3, 0.4) is 0 Å². The van der Waals surface area contributed by atoms with Crippen LogP contribution in [-0.2, 0) is 4.74 Å². The Bertz CT molecular complexity index is 405. The second-order valence-corrected chi connectivity index (χ2v) is 3.68. The molecule has 0 unspecified atom stereocenters. The highest BCUT2D eigenvalue weighted by Crippen LogP contribution is 2.19. The summed E-state index contributed by atoms with van der Waals surface area (Å²) in [7, 11) is 1.31. The molecular weight excluding hydrogens is 211 g/mol. The number of carbonyl (C=O) groups is 1. The summed E-state index contributed by atoms with van der Waals surface area (Å²) >= 11 is 0. The summed E-state index contributed by atoms with van der Waals surface area (Å²) in [6.45, 7) is 1.63. The predicted molar refractivity (Wildman–Crippen MR) is 58.0 cm³/mol. The van der Waals surface area contributed by atoms with E-state index < -0.39 is 5.97 Å². The van der Waals surface area contributed by atoms with Crippen molar-refractivity contribution < 1.29 is 13.9 Å². The number of methoxy groups -OCH3 is 1. The molecule has 0 spiro atoms. The molecule has 0 amide bonds. The molecule has 5 heteroatoms. The third-order valence-corrected chi connectivity index (χ3v) is 2.53. The van der Waals surface area contributed by atoms with Gasteiger partial charge in [-0.15, -0.1) is 0 Å². The van der Waals surface area contributed by atoms with Crippen molar-refractivity contribution in [1.82, 2.24) is 5.32 Å². The van der Waals surface area contributed by atoms with Gasteiger partial charge in [-0.1, -0.05) is 0 Å². The Balaban J connectivity index is 2.24. The SMILES string of the molecule is COC(=O)c1ccc(F)cc1NC1CNC1. The molecule has 1 heterocycles. The zero-order valence-electron chi connectivity index (χ0n) is 8.92. The van der Waals surface area contributed by atoms with Crippen molar-refractivity contribution in [3.8, 4) is 0 Å². The molecule has 86 valence electrons. The summed E-state index contributed by atoms with van der Waals surface area (Å²) in [6, 6.07) is 4.22. The number of benzene rings is 1. The number of hydrogen-bond acceptors (Lipinski definition) is 4. The molecule has 2 rings (SSSR count). The molecule has 1 fully saturated rings. The van der Waals surface area contributed by atoms with Crippen LogP contribution in [0.5, 0.6) is 0 Å². The van der Waals surface area contributed by atoms with E-state index in [0.29, 0.717) is 11.3 Å². The topological polar surface area (TPSA) is 50.4 Å². The van der Waals surface area contributed by atoms with Gasteiger partial charge in [0.2, 0.25) is 0 Å². The Morgan fingerprint density at radius 1 is 1.56 bits per heavy atom. The van der Waals surface area contributed by atoms with Gasteiger partial charge in [0.05, 0.1) is 24.4 Å². The van der Waals surface area contributed by atoms with Crippen molar-refractivity contribution in [3.63, 3.8) is 0 Å². The van der Waals surface area contributed by atoms with Crippen LogP contribution >= 0.6 is 0 Å². The molecule has 1 aliphatic rings. The molecule has 0 aromatic heterocycles. The van der Waals surface area contributed by atoms with Crippen molar-refractivity contribution in [2.45, 2.75) is 6.04 Å². The quantitative estimate of drug-likeness (QED) is 0.752. The molecule has 4 nitrogen and oxygen atoms in total. The van der Waals surface area contributed by atoms with Gasteiger partial charge in [0.25, 0.3) is 0 Å². The maximum Gasteiger partial charge on any atom is 0.339 e. The fourth-order valence-corrected chi connectivity index (χ4v) is 1.53. The van der Waals surface area contributed by atoms with Crippen molar-refractivity contribution in [2.75, 3.05) is 25.5 Å². The highest BCUT2D eigenvalue weighted by molar-refractivity contribution is 5.95. The first-order valence-electron chi connectivity index (χ1n) is 5.06. The fraction of sp³-hybridized carbons (Fsp3) is 0.364. The van der Waals surface area contributed by atoms with Gasteiger partial charge in [0.1, 0.15) is 5.82 Å². The number of ether oxygens (including phenoxy) is 1. The van der Waals surface area contributed by atoms with E-state index in [1.54, 1.807) is 0 Å². The number of anilines is 1. The van der Waals surface area contributed by atoms with Gasteiger partial charge >= 0.3 is 5.97 Å². The maximum atomic E-state index is 13.1. The Labute approximate surface area is 92.8 Å². The van der Waals surface area contributed by atoms with Gasteiger partial charge < -0.3 is 15.4 Å². The molecule has 1 aliphatic heterocycles. The lowest BCUT2D eigenvalue weighted by Crippen LogP contribution is -2.51. The fourth-order valence-electron chi connectivity index (χ4n) is 1.53. The van der Waals surface area contributed by atoms with E-state index in [1.807, 2.05) is 0 Å². The number of carbonyl (C=O) groups excluding carboxylic acids is 1. The number of esters is 1. The Morgan fingerprint density at radius 3 is 2.88 bits per heavy atom. The van der Waals surface area contributed by atoms with Gasteiger partial charge in [-0.05, 0) is 18.2 Å². The van der Waals surface area contributed by atoms with Gasteiger partial charge in [-0.3, -0.25) is 0 Å². The summed E-state index contributed by atoms with van der Waals surface area (Å²) in [4.78, 5) is 11.4. The zero-order valence-corrected chi connectivity index (χ0v) is 8.92. The smallest absolute Gasteiger partial charge is 0.339 e. The number of rotatable bonds is 3. The summed E-state index contributed by atoms with van der Waals surface area (Å²) in [5.74, 6) is -0.836. The molecule has 1 saturated heterocycles. The molecule has 16 heavy (non-hydrogen) atoms. The first kappa shape index (κ1) is 10.9. The largest absolute Gasteiger partial charge is 0.465 e. The number of hydrogen-bond donors (Lipinski definition) is 2. The molecule has 0 atom stereocenters. The molecule has 0 saturated carbocycles. The van der Waals surface area contributed by atoms with Crippen molar-refractivity contribution in [2.24, 2.45) is 0 Å². The van der Waals surface area contributed by atoms with Crippen LogP contribution in [0.1, 0.15) is 10.4 Å². The Hall–Kier alpha value is -1.62. The number of nitrogens with one attached hydrogen (secondary N) is 2. The minimum atomic E-state index is -0.463. The van der Waals surface area contributed by atoms with Crippen LogP contribution in [0.2, 0.25) is 0 Å². The number of halogens is 1. The van der Waals surface area contributed by atoms with Crippen LogP contribution in [0, 0.1) is 5.82 Å². The molecular formula is C11H13FN2O2. The van der Waals surface area contributed by atoms with E-state index in [-0.39, 0.29) is 11.9 Å². The average molecular weight is 224 g/mol. The minimum Gasteiger partial charge on any atom is -0.465 e. The lowest BCUT2D eigenvalue weighted by Gasteiger charge is -2.29. The Morgan fingerprint density at radius 2 is 2.31 bits per heavy atom. The van der Waals surface area contributed by atoms with E-state index in [4.69, 9.17) is 0 Å². The van der Waals surface area contributed by atoms with E-state index in [0.717, 1.165) is 13.1 Å². The second-order valence-electron chi connectivity index (χ2n) is 3.68. The monoisotopic (exact) mass is 224 g/mol.